The van der Waals surface area contributed by atoms with Crippen LogP contribution in [0, 0.1) is 0 Å². The first-order valence-electron chi connectivity index (χ1n) is 5.64. The molecule has 3 heteroatoms. The predicted molar refractivity (Wildman–Crippen MR) is 54.1 cm³/mol. The maximum Gasteiger partial charge on any atom is 0.146 e. The molecule has 14 heavy (non-hydrogen) atoms. The summed E-state index contributed by atoms with van der Waals surface area (Å²) in [5, 5.41) is 10.2. The van der Waals surface area contributed by atoms with Gasteiger partial charge in [0.15, 0.2) is 0 Å². The van der Waals surface area contributed by atoms with E-state index in [9.17, 15) is 9.90 Å². The highest BCUT2D eigenvalue weighted by Crippen LogP contribution is 2.30. The lowest BCUT2D eigenvalue weighted by Gasteiger charge is -2.33. The molecule has 80 valence electrons. The summed E-state index contributed by atoms with van der Waals surface area (Å²) >= 11 is 0. The van der Waals surface area contributed by atoms with Gasteiger partial charge in [-0.2, -0.15) is 0 Å². The Balaban J connectivity index is 1.86. The van der Waals surface area contributed by atoms with Crippen molar-refractivity contribution in [2.75, 3.05) is 19.6 Å². The number of nitrogens with zero attached hydrogens (tertiary/aromatic N) is 1. The first-order chi connectivity index (χ1) is 6.68. The molecule has 3 nitrogen and oxygen atoms in total. The summed E-state index contributed by atoms with van der Waals surface area (Å²) in [5.41, 5.74) is -0.488. The van der Waals surface area contributed by atoms with E-state index < -0.39 is 5.60 Å². The number of β-amino-alcohol motifs (C(OH)–C–C–N with tert-alkyl or cyclic N) is 1. The minimum atomic E-state index is -0.488. The van der Waals surface area contributed by atoms with Crippen LogP contribution in [0.4, 0.5) is 0 Å². The Bertz CT molecular complexity index is 221. The van der Waals surface area contributed by atoms with Crippen molar-refractivity contribution in [1.29, 1.82) is 0 Å². The van der Waals surface area contributed by atoms with Crippen molar-refractivity contribution in [2.24, 2.45) is 0 Å². The van der Waals surface area contributed by atoms with Gasteiger partial charge in [-0.1, -0.05) is 12.8 Å². The fourth-order valence-corrected chi connectivity index (χ4v) is 2.65. The van der Waals surface area contributed by atoms with E-state index in [1.807, 2.05) is 0 Å². The summed E-state index contributed by atoms with van der Waals surface area (Å²) in [4.78, 5) is 13.4. The van der Waals surface area contributed by atoms with Crippen LogP contribution >= 0.6 is 0 Å². The zero-order valence-corrected chi connectivity index (χ0v) is 8.67. The number of ketones is 1. The van der Waals surface area contributed by atoms with E-state index in [1.54, 1.807) is 0 Å². The second-order valence-corrected chi connectivity index (χ2v) is 4.78. The Labute approximate surface area is 85.1 Å². The van der Waals surface area contributed by atoms with Gasteiger partial charge in [-0.05, 0) is 25.8 Å². The molecule has 0 aromatic rings. The van der Waals surface area contributed by atoms with Gasteiger partial charge in [-0.15, -0.1) is 0 Å². The van der Waals surface area contributed by atoms with Crippen molar-refractivity contribution < 1.29 is 9.90 Å². The van der Waals surface area contributed by atoms with E-state index in [0.29, 0.717) is 18.9 Å². The van der Waals surface area contributed by atoms with Gasteiger partial charge in [0.25, 0.3) is 0 Å². The zero-order valence-electron chi connectivity index (χ0n) is 8.67. The van der Waals surface area contributed by atoms with Gasteiger partial charge in [0, 0.05) is 13.0 Å². The molecule has 0 radical (unpaired) electrons. The lowest BCUT2D eigenvalue weighted by molar-refractivity contribution is -0.123. The molecule has 2 aliphatic rings. The molecule has 0 amide bonds. The standard InChI is InChI=1S/C11H19NO2/c13-10-4-3-7-12(8-10)9-11(14)5-1-2-6-11/h14H,1-9H2. The van der Waals surface area contributed by atoms with E-state index in [0.717, 1.165) is 45.1 Å². The highest BCUT2D eigenvalue weighted by atomic mass is 16.3. The molecule has 1 aliphatic heterocycles. The number of aliphatic hydroxyl groups is 1. The molecule has 1 saturated heterocycles. The smallest absolute Gasteiger partial charge is 0.146 e. The SMILES string of the molecule is O=C1CCCN(CC2(O)CCCC2)C1. The number of carbonyl (C=O) groups is 1. The highest BCUT2D eigenvalue weighted by Gasteiger charge is 2.34. The van der Waals surface area contributed by atoms with Crippen molar-refractivity contribution in [3.05, 3.63) is 0 Å². The third kappa shape index (κ3) is 2.34. The Morgan fingerprint density at radius 1 is 1.29 bits per heavy atom. The molecule has 1 N–H and O–H groups in total. The largest absolute Gasteiger partial charge is 0.389 e. The maximum absolute atomic E-state index is 11.2. The lowest BCUT2D eigenvalue weighted by Crippen LogP contribution is -2.45. The average molecular weight is 197 g/mol. The topological polar surface area (TPSA) is 40.5 Å². The first kappa shape index (κ1) is 10.1. The summed E-state index contributed by atoms with van der Waals surface area (Å²) in [6.07, 6.45) is 5.80. The molecule has 0 bridgehead atoms. The van der Waals surface area contributed by atoms with Gasteiger partial charge in [0.1, 0.15) is 5.78 Å². The lowest BCUT2D eigenvalue weighted by atomic mass is 10.00. The van der Waals surface area contributed by atoms with Crippen molar-refractivity contribution in [2.45, 2.75) is 44.1 Å². The molecule has 1 saturated carbocycles. The minimum absolute atomic E-state index is 0.331. The molecule has 2 fully saturated rings. The van der Waals surface area contributed by atoms with Crippen LogP contribution < -0.4 is 0 Å². The van der Waals surface area contributed by atoms with Crippen LogP contribution in [0.15, 0.2) is 0 Å². The maximum atomic E-state index is 11.2. The molecule has 0 unspecified atom stereocenters. The van der Waals surface area contributed by atoms with Gasteiger partial charge in [0.2, 0.25) is 0 Å². The summed E-state index contributed by atoms with van der Waals surface area (Å²) in [6.45, 7) is 2.25. The number of likely N-dealkylation sites (tertiary alicyclic amines) is 1. The number of hydrogen-bond acceptors (Lipinski definition) is 3. The van der Waals surface area contributed by atoms with Crippen molar-refractivity contribution in [3.8, 4) is 0 Å². The summed E-state index contributed by atoms with van der Waals surface area (Å²) in [6, 6.07) is 0. The Kier molecular flexibility index (Phi) is 2.88. The second-order valence-electron chi connectivity index (χ2n) is 4.78. The van der Waals surface area contributed by atoms with Crippen LogP contribution in [-0.2, 0) is 4.79 Å². The molecule has 0 spiro atoms. The molecule has 1 aliphatic carbocycles. The minimum Gasteiger partial charge on any atom is -0.389 e. The number of rotatable bonds is 2. The Morgan fingerprint density at radius 3 is 2.64 bits per heavy atom. The molecular formula is C11H19NO2. The highest BCUT2D eigenvalue weighted by molar-refractivity contribution is 5.81. The Hall–Kier alpha value is -0.410. The van der Waals surface area contributed by atoms with Crippen molar-refractivity contribution in [1.82, 2.24) is 4.90 Å². The molecule has 2 rings (SSSR count). The summed E-state index contributed by atoms with van der Waals surface area (Å²) < 4.78 is 0. The fraction of sp³-hybridized carbons (Fsp3) is 0.909. The van der Waals surface area contributed by atoms with E-state index in [1.165, 1.54) is 0 Å². The van der Waals surface area contributed by atoms with Crippen LogP contribution in [0.3, 0.4) is 0 Å². The van der Waals surface area contributed by atoms with Crippen LogP contribution in [0.2, 0.25) is 0 Å². The zero-order chi connectivity index (χ0) is 10.0. The summed E-state index contributed by atoms with van der Waals surface area (Å²) in [5.74, 6) is 0.331. The number of Topliss-reactive ketones (excluding diaryl/α,β-unsaturated/α-hetero) is 1. The fourth-order valence-electron chi connectivity index (χ4n) is 2.65. The normalized spacial score (nSPS) is 28.2. The van der Waals surface area contributed by atoms with Crippen molar-refractivity contribution >= 4 is 5.78 Å². The Morgan fingerprint density at radius 2 is 2.00 bits per heavy atom. The molecule has 0 aromatic carbocycles. The van der Waals surface area contributed by atoms with E-state index in [2.05, 4.69) is 4.90 Å². The van der Waals surface area contributed by atoms with Crippen molar-refractivity contribution in [3.63, 3.8) is 0 Å². The second kappa shape index (κ2) is 3.99. The third-order valence-electron chi connectivity index (χ3n) is 3.38. The van der Waals surface area contributed by atoms with Crippen LogP contribution in [0.1, 0.15) is 38.5 Å². The molecule has 1 heterocycles. The van der Waals surface area contributed by atoms with Gasteiger partial charge < -0.3 is 5.11 Å². The van der Waals surface area contributed by atoms with Gasteiger partial charge in [0.05, 0.1) is 12.1 Å². The third-order valence-corrected chi connectivity index (χ3v) is 3.38. The number of carbonyl (C=O) groups excluding carboxylic acids is 1. The number of hydrogen-bond donors (Lipinski definition) is 1. The molecule has 0 aromatic heterocycles. The van der Waals surface area contributed by atoms with E-state index in [-0.39, 0.29) is 0 Å². The van der Waals surface area contributed by atoms with Gasteiger partial charge in [-0.25, -0.2) is 0 Å². The van der Waals surface area contributed by atoms with Crippen LogP contribution in [-0.4, -0.2) is 41.0 Å². The van der Waals surface area contributed by atoms with Crippen LogP contribution in [0.25, 0.3) is 0 Å². The number of piperidine rings is 1. The quantitative estimate of drug-likeness (QED) is 0.716. The van der Waals surface area contributed by atoms with E-state index >= 15 is 0 Å². The summed E-state index contributed by atoms with van der Waals surface area (Å²) in [7, 11) is 0. The first-order valence-corrected chi connectivity index (χ1v) is 5.64. The van der Waals surface area contributed by atoms with Crippen LogP contribution in [0.5, 0.6) is 0 Å². The monoisotopic (exact) mass is 197 g/mol. The van der Waals surface area contributed by atoms with Gasteiger partial charge in [-0.3, -0.25) is 9.69 Å². The molecular weight excluding hydrogens is 178 g/mol. The average Bonchev–Trinajstić information content (AvgIpc) is 2.51. The predicted octanol–water partition coefficient (Wildman–Crippen LogP) is 0.956. The molecule has 0 atom stereocenters. The van der Waals surface area contributed by atoms with E-state index in [4.69, 9.17) is 0 Å². The van der Waals surface area contributed by atoms with Gasteiger partial charge >= 0.3 is 0 Å².